The minimum atomic E-state index is -0.0702. The summed E-state index contributed by atoms with van der Waals surface area (Å²) < 4.78 is 11.8. The van der Waals surface area contributed by atoms with Crippen LogP contribution in [0.25, 0.3) is 11.4 Å². The lowest BCUT2D eigenvalue weighted by molar-refractivity contribution is 0.0882. The van der Waals surface area contributed by atoms with Crippen LogP contribution >= 0.6 is 0 Å². The molecule has 0 aliphatic rings. The second-order valence-corrected chi connectivity index (χ2v) is 5.28. The normalized spacial score (nSPS) is 10.7. The predicted molar refractivity (Wildman–Crippen MR) is 87.7 cm³/mol. The summed E-state index contributed by atoms with van der Waals surface area (Å²) in [5, 5.41) is 4.23. The van der Waals surface area contributed by atoms with Crippen LogP contribution in [-0.4, -0.2) is 41.0 Å². The van der Waals surface area contributed by atoms with Gasteiger partial charge in [0.15, 0.2) is 5.82 Å². The van der Waals surface area contributed by atoms with Gasteiger partial charge in [0.25, 0.3) is 0 Å². The molecule has 0 unspecified atom stereocenters. The number of nitrogens with zero attached hydrogens (tertiary/aromatic N) is 3. The molecule has 2 rings (SSSR count). The number of unbranched alkanes of at least 4 members (excludes halogenated alkanes) is 1. The summed E-state index contributed by atoms with van der Waals surface area (Å²) in [6.07, 6.45) is 2.22. The quantitative estimate of drug-likeness (QED) is 0.700. The number of hydrogen-bond acceptors (Lipinski definition) is 5. The largest absolute Gasteiger partial charge is 0.460 e. The van der Waals surface area contributed by atoms with Crippen molar-refractivity contribution in [3.63, 3.8) is 0 Å². The maximum Gasteiger partial charge on any atom is 0.336 e. The SMILES string of the molecule is CCCCC(=O)n1nc(OCCOC)nc1-c1ccccc1C. The number of methoxy groups -OCH3 is 1. The number of rotatable bonds is 8. The molecule has 124 valence electrons. The third-order valence-electron chi connectivity index (χ3n) is 3.47. The predicted octanol–water partition coefficient (Wildman–Crippen LogP) is 3.11. The molecule has 6 heteroatoms. The summed E-state index contributed by atoms with van der Waals surface area (Å²) in [4.78, 5) is 16.8. The van der Waals surface area contributed by atoms with Crippen molar-refractivity contribution < 1.29 is 14.3 Å². The Morgan fingerprint density at radius 3 is 2.74 bits per heavy atom. The highest BCUT2D eigenvalue weighted by Gasteiger charge is 2.19. The maximum atomic E-state index is 12.4. The fourth-order valence-electron chi connectivity index (χ4n) is 2.18. The van der Waals surface area contributed by atoms with E-state index < -0.39 is 0 Å². The van der Waals surface area contributed by atoms with Gasteiger partial charge in [0.05, 0.1) is 6.61 Å². The number of hydrogen-bond donors (Lipinski definition) is 0. The van der Waals surface area contributed by atoms with E-state index in [1.165, 1.54) is 4.68 Å². The van der Waals surface area contributed by atoms with Crippen molar-refractivity contribution in [3.05, 3.63) is 29.8 Å². The van der Waals surface area contributed by atoms with Crippen LogP contribution in [0.4, 0.5) is 0 Å². The number of ether oxygens (including phenoxy) is 2. The molecule has 1 heterocycles. The molecule has 0 radical (unpaired) electrons. The van der Waals surface area contributed by atoms with Gasteiger partial charge in [-0.25, -0.2) is 0 Å². The summed E-state index contributed by atoms with van der Waals surface area (Å²) >= 11 is 0. The Morgan fingerprint density at radius 1 is 1.26 bits per heavy atom. The Bertz CT molecular complexity index is 652. The topological polar surface area (TPSA) is 66.2 Å². The van der Waals surface area contributed by atoms with E-state index in [0.717, 1.165) is 24.0 Å². The van der Waals surface area contributed by atoms with E-state index in [1.807, 2.05) is 31.2 Å². The average molecular weight is 317 g/mol. The molecule has 0 bridgehead atoms. The summed E-state index contributed by atoms with van der Waals surface area (Å²) in [5.41, 5.74) is 1.92. The van der Waals surface area contributed by atoms with Crippen molar-refractivity contribution in [2.75, 3.05) is 20.3 Å². The van der Waals surface area contributed by atoms with Gasteiger partial charge in [-0.05, 0) is 18.9 Å². The van der Waals surface area contributed by atoms with E-state index in [4.69, 9.17) is 9.47 Å². The van der Waals surface area contributed by atoms with E-state index in [1.54, 1.807) is 7.11 Å². The smallest absolute Gasteiger partial charge is 0.336 e. The van der Waals surface area contributed by atoms with Gasteiger partial charge in [-0.3, -0.25) is 4.79 Å². The fraction of sp³-hybridized carbons (Fsp3) is 0.471. The third-order valence-corrected chi connectivity index (χ3v) is 3.47. The zero-order chi connectivity index (χ0) is 16.7. The molecular weight excluding hydrogens is 294 g/mol. The first-order chi connectivity index (χ1) is 11.2. The molecule has 6 nitrogen and oxygen atoms in total. The van der Waals surface area contributed by atoms with Crippen molar-refractivity contribution in [1.29, 1.82) is 0 Å². The Balaban J connectivity index is 2.33. The lowest BCUT2D eigenvalue weighted by atomic mass is 10.1. The highest BCUT2D eigenvalue weighted by molar-refractivity contribution is 5.82. The maximum absolute atomic E-state index is 12.4. The summed E-state index contributed by atoms with van der Waals surface area (Å²) in [6.45, 7) is 4.82. The first kappa shape index (κ1) is 17.1. The molecule has 2 aromatic rings. The van der Waals surface area contributed by atoms with Gasteiger partial charge in [0, 0.05) is 19.1 Å². The minimum Gasteiger partial charge on any atom is -0.460 e. The Labute approximate surface area is 136 Å². The Hall–Kier alpha value is -2.21. The fourth-order valence-corrected chi connectivity index (χ4v) is 2.18. The van der Waals surface area contributed by atoms with Gasteiger partial charge >= 0.3 is 6.01 Å². The van der Waals surface area contributed by atoms with Crippen molar-refractivity contribution in [3.8, 4) is 17.4 Å². The first-order valence-electron chi connectivity index (χ1n) is 7.85. The van der Waals surface area contributed by atoms with E-state index in [0.29, 0.717) is 25.5 Å². The molecule has 0 amide bonds. The number of carbonyl (C=O) groups excluding carboxylic acids is 1. The van der Waals surface area contributed by atoms with Crippen LogP contribution in [0, 0.1) is 6.92 Å². The molecular formula is C17H23N3O3. The van der Waals surface area contributed by atoms with Crippen LogP contribution in [0.3, 0.4) is 0 Å². The second-order valence-electron chi connectivity index (χ2n) is 5.28. The van der Waals surface area contributed by atoms with Gasteiger partial charge in [-0.15, -0.1) is 5.10 Å². The number of benzene rings is 1. The van der Waals surface area contributed by atoms with Crippen LogP contribution in [0.1, 0.15) is 36.5 Å². The van der Waals surface area contributed by atoms with Crippen molar-refractivity contribution in [1.82, 2.24) is 14.8 Å². The van der Waals surface area contributed by atoms with Gasteiger partial charge in [-0.1, -0.05) is 37.6 Å². The third kappa shape index (κ3) is 4.39. The number of aromatic nitrogens is 3. The number of carbonyl (C=O) groups is 1. The molecule has 23 heavy (non-hydrogen) atoms. The molecule has 0 aliphatic carbocycles. The first-order valence-corrected chi connectivity index (χ1v) is 7.85. The van der Waals surface area contributed by atoms with E-state index in [9.17, 15) is 4.79 Å². The highest BCUT2D eigenvalue weighted by atomic mass is 16.5. The zero-order valence-corrected chi connectivity index (χ0v) is 13.9. The van der Waals surface area contributed by atoms with Crippen LogP contribution < -0.4 is 4.74 Å². The summed E-state index contributed by atoms with van der Waals surface area (Å²) in [5.74, 6) is 0.454. The van der Waals surface area contributed by atoms with Crippen LogP contribution in [0.5, 0.6) is 6.01 Å². The van der Waals surface area contributed by atoms with Crippen molar-refractivity contribution >= 4 is 5.91 Å². The molecule has 0 saturated heterocycles. The van der Waals surface area contributed by atoms with Gasteiger partial charge in [-0.2, -0.15) is 9.67 Å². The molecule has 1 aromatic heterocycles. The monoisotopic (exact) mass is 317 g/mol. The molecule has 0 atom stereocenters. The molecule has 0 aliphatic heterocycles. The zero-order valence-electron chi connectivity index (χ0n) is 13.9. The van der Waals surface area contributed by atoms with Gasteiger partial charge in [0.2, 0.25) is 5.91 Å². The van der Waals surface area contributed by atoms with E-state index >= 15 is 0 Å². The highest BCUT2D eigenvalue weighted by Crippen LogP contribution is 2.24. The van der Waals surface area contributed by atoms with Crippen molar-refractivity contribution in [2.45, 2.75) is 33.1 Å². The molecule has 1 aromatic carbocycles. The lowest BCUT2D eigenvalue weighted by Gasteiger charge is -2.06. The van der Waals surface area contributed by atoms with Crippen LogP contribution in [-0.2, 0) is 4.74 Å². The lowest BCUT2D eigenvalue weighted by Crippen LogP contribution is -2.14. The van der Waals surface area contributed by atoms with E-state index in [-0.39, 0.29) is 11.9 Å². The molecule has 0 fully saturated rings. The minimum absolute atomic E-state index is 0.0702. The van der Waals surface area contributed by atoms with Gasteiger partial charge < -0.3 is 9.47 Å². The van der Waals surface area contributed by atoms with Gasteiger partial charge in [0.1, 0.15) is 6.61 Å². The molecule has 0 N–H and O–H groups in total. The number of aryl methyl sites for hydroxylation is 1. The standard InChI is InChI=1S/C17H23N3O3/c1-4-5-10-15(21)20-16(14-9-7-6-8-13(14)2)18-17(19-20)23-12-11-22-3/h6-9H,4-5,10-12H2,1-3H3. The molecule has 0 saturated carbocycles. The Kier molecular flexibility index (Phi) is 6.29. The second kappa shape index (κ2) is 8.43. The summed E-state index contributed by atoms with van der Waals surface area (Å²) in [6, 6.07) is 7.99. The van der Waals surface area contributed by atoms with Crippen LogP contribution in [0.2, 0.25) is 0 Å². The van der Waals surface area contributed by atoms with E-state index in [2.05, 4.69) is 17.0 Å². The summed E-state index contributed by atoms with van der Waals surface area (Å²) in [7, 11) is 1.60. The molecule has 0 spiro atoms. The van der Waals surface area contributed by atoms with Crippen LogP contribution in [0.15, 0.2) is 24.3 Å². The van der Waals surface area contributed by atoms with Crippen molar-refractivity contribution in [2.24, 2.45) is 0 Å². The Morgan fingerprint density at radius 2 is 2.04 bits per heavy atom. The average Bonchev–Trinajstić information content (AvgIpc) is 2.97.